The van der Waals surface area contributed by atoms with Gasteiger partial charge in [-0.1, -0.05) is 53.0 Å². The lowest BCUT2D eigenvalue weighted by atomic mass is 10.2. The molecule has 0 radical (unpaired) electrons. The van der Waals surface area contributed by atoms with Gasteiger partial charge in [-0.05, 0) is 30.7 Å². The van der Waals surface area contributed by atoms with E-state index in [1.807, 2.05) is 31.2 Å². The van der Waals surface area contributed by atoms with Gasteiger partial charge in [0.2, 0.25) is 0 Å². The fraction of sp³-hybridized carbons (Fsp3) is 0.0625. The highest BCUT2D eigenvalue weighted by Crippen LogP contribution is 2.24. The maximum Gasteiger partial charge on any atom is 0.329 e. The third-order valence-electron chi connectivity index (χ3n) is 2.84. The Morgan fingerprint density at radius 1 is 1.00 bits per heavy atom. The van der Waals surface area contributed by atoms with E-state index in [0.717, 1.165) is 11.1 Å². The number of amides is 2. The summed E-state index contributed by atoms with van der Waals surface area (Å²) in [5.41, 5.74) is 4.44. The molecule has 0 saturated carbocycles. The van der Waals surface area contributed by atoms with E-state index in [1.165, 1.54) is 24.4 Å². The Bertz CT molecular complexity index is 758. The van der Waals surface area contributed by atoms with Crippen molar-refractivity contribution in [3.63, 3.8) is 0 Å². The van der Waals surface area contributed by atoms with Crippen LogP contribution in [0, 0.1) is 6.92 Å². The van der Waals surface area contributed by atoms with Crippen LogP contribution < -0.4 is 10.7 Å². The van der Waals surface area contributed by atoms with Crippen molar-refractivity contribution in [1.82, 2.24) is 5.43 Å². The van der Waals surface area contributed by atoms with Crippen LogP contribution in [0.3, 0.4) is 0 Å². The van der Waals surface area contributed by atoms with Gasteiger partial charge in [-0.25, -0.2) is 5.43 Å². The highest BCUT2D eigenvalue weighted by molar-refractivity contribution is 6.42. The molecule has 2 aromatic rings. The number of nitrogens with one attached hydrogen (secondary N) is 2. The van der Waals surface area contributed by atoms with Crippen LogP contribution in [-0.2, 0) is 9.59 Å². The van der Waals surface area contributed by atoms with E-state index in [2.05, 4.69) is 15.8 Å². The summed E-state index contributed by atoms with van der Waals surface area (Å²) in [7, 11) is 0. The quantitative estimate of drug-likeness (QED) is 0.506. The molecule has 0 aliphatic heterocycles. The van der Waals surface area contributed by atoms with Gasteiger partial charge in [-0.15, -0.1) is 0 Å². The molecule has 0 aliphatic rings. The first-order valence-electron chi connectivity index (χ1n) is 6.62. The Balaban J connectivity index is 1.90. The minimum absolute atomic E-state index is 0.280. The molecule has 7 heteroatoms. The van der Waals surface area contributed by atoms with Crippen LogP contribution in [-0.4, -0.2) is 18.0 Å². The van der Waals surface area contributed by atoms with E-state index in [4.69, 9.17) is 23.2 Å². The first-order chi connectivity index (χ1) is 11.0. The number of benzene rings is 2. The van der Waals surface area contributed by atoms with Gasteiger partial charge in [0.05, 0.1) is 16.3 Å². The van der Waals surface area contributed by atoms with E-state index in [0.29, 0.717) is 10.7 Å². The molecule has 0 bridgehead atoms. The molecule has 0 saturated heterocycles. The Morgan fingerprint density at radius 3 is 2.35 bits per heavy atom. The number of hydrogen-bond donors (Lipinski definition) is 2. The van der Waals surface area contributed by atoms with Crippen LogP contribution >= 0.6 is 23.2 Å². The zero-order chi connectivity index (χ0) is 16.8. The maximum absolute atomic E-state index is 11.7. The average Bonchev–Trinajstić information content (AvgIpc) is 2.52. The van der Waals surface area contributed by atoms with E-state index in [-0.39, 0.29) is 5.02 Å². The predicted octanol–water partition coefficient (Wildman–Crippen LogP) is 3.39. The molecule has 0 heterocycles. The van der Waals surface area contributed by atoms with Gasteiger partial charge in [0, 0.05) is 5.69 Å². The first-order valence-corrected chi connectivity index (χ1v) is 7.37. The minimum atomic E-state index is -0.889. The molecular formula is C16H13Cl2N3O2. The molecule has 0 unspecified atom stereocenters. The summed E-state index contributed by atoms with van der Waals surface area (Å²) in [4.78, 5) is 23.4. The normalized spacial score (nSPS) is 10.6. The summed E-state index contributed by atoms with van der Waals surface area (Å²) in [6.07, 6.45) is 1.45. The van der Waals surface area contributed by atoms with Gasteiger partial charge in [-0.3, -0.25) is 9.59 Å². The van der Waals surface area contributed by atoms with Crippen LogP contribution in [0.2, 0.25) is 10.0 Å². The van der Waals surface area contributed by atoms with Crippen LogP contribution in [0.25, 0.3) is 0 Å². The van der Waals surface area contributed by atoms with Crippen molar-refractivity contribution in [3.8, 4) is 0 Å². The van der Waals surface area contributed by atoms with Crippen molar-refractivity contribution < 1.29 is 9.59 Å². The molecule has 23 heavy (non-hydrogen) atoms. The van der Waals surface area contributed by atoms with E-state index in [1.54, 1.807) is 0 Å². The molecule has 2 rings (SSSR count). The van der Waals surface area contributed by atoms with Gasteiger partial charge in [0.25, 0.3) is 0 Å². The fourth-order valence-electron chi connectivity index (χ4n) is 1.63. The summed E-state index contributed by atoms with van der Waals surface area (Å²) in [5, 5.41) is 6.77. The average molecular weight is 350 g/mol. The lowest BCUT2D eigenvalue weighted by molar-refractivity contribution is -0.136. The van der Waals surface area contributed by atoms with Crippen LogP contribution in [0.5, 0.6) is 0 Å². The molecule has 2 amide bonds. The number of hydrogen-bond acceptors (Lipinski definition) is 3. The largest absolute Gasteiger partial charge is 0.329 e. The Hall–Kier alpha value is -2.37. The molecule has 2 aromatic carbocycles. The Labute approximate surface area is 143 Å². The number of halogens is 2. The molecule has 0 aliphatic carbocycles. The number of rotatable bonds is 3. The van der Waals surface area contributed by atoms with Crippen molar-refractivity contribution in [1.29, 1.82) is 0 Å². The molecule has 118 valence electrons. The monoisotopic (exact) mass is 349 g/mol. The van der Waals surface area contributed by atoms with Gasteiger partial charge in [0.15, 0.2) is 0 Å². The lowest BCUT2D eigenvalue weighted by Crippen LogP contribution is -2.32. The van der Waals surface area contributed by atoms with Crippen molar-refractivity contribution >= 4 is 46.9 Å². The number of nitrogens with zero attached hydrogens (tertiary/aromatic N) is 1. The molecule has 0 fully saturated rings. The van der Waals surface area contributed by atoms with Crippen LogP contribution in [0.1, 0.15) is 11.1 Å². The summed E-state index contributed by atoms with van der Waals surface area (Å²) >= 11 is 11.6. The SMILES string of the molecule is Cc1ccc(/C=N\NC(=O)C(=O)Nc2ccc(Cl)c(Cl)c2)cc1. The van der Waals surface area contributed by atoms with Gasteiger partial charge in [-0.2, -0.15) is 5.10 Å². The number of aryl methyl sites for hydroxylation is 1. The lowest BCUT2D eigenvalue weighted by Gasteiger charge is -2.05. The first kappa shape index (κ1) is 17.0. The smallest absolute Gasteiger partial charge is 0.318 e. The fourth-order valence-corrected chi connectivity index (χ4v) is 1.93. The van der Waals surface area contributed by atoms with E-state index >= 15 is 0 Å². The number of carbonyl (C=O) groups is 2. The molecule has 0 aromatic heterocycles. The number of anilines is 1. The maximum atomic E-state index is 11.7. The molecule has 2 N–H and O–H groups in total. The molecular weight excluding hydrogens is 337 g/mol. The zero-order valence-corrected chi connectivity index (χ0v) is 13.7. The van der Waals surface area contributed by atoms with Gasteiger partial charge < -0.3 is 5.32 Å². The second-order valence-corrected chi connectivity index (χ2v) is 5.51. The van der Waals surface area contributed by atoms with Crippen LogP contribution in [0.15, 0.2) is 47.6 Å². The summed E-state index contributed by atoms with van der Waals surface area (Å²) < 4.78 is 0. The van der Waals surface area contributed by atoms with E-state index < -0.39 is 11.8 Å². The van der Waals surface area contributed by atoms with Crippen molar-refractivity contribution in [2.24, 2.45) is 5.10 Å². The second kappa shape index (κ2) is 7.76. The summed E-state index contributed by atoms with van der Waals surface area (Å²) in [5.74, 6) is -1.75. The summed E-state index contributed by atoms with van der Waals surface area (Å²) in [6, 6.07) is 12.0. The van der Waals surface area contributed by atoms with Crippen molar-refractivity contribution in [3.05, 3.63) is 63.6 Å². The van der Waals surface area contributed by atoms with Crippen molar-refractivity contribution in [2.45, 2.75) is 6.92 Å². The van der Waals surface area contributed by atoms with Gasteiger partial charge in [0.1, 0.15) is 0 Å². The van der Waals surface area contributed by atoms with Crippen LogP contribution in [0.4, 0.5) is 5.69 Å². The third-order valence-corrected chi connectivity index (χ3v) is 3.58. The third kappa shape index (κ3) is 5.09. The molecule has 0 atom stereocenters. The molecule has 0 spiro atoms. The Morgan fingerprint density at radius 2 is 1.70 bits per heavy atom. The topological polar surface area (TPSA) is 70.6 Å². The minimum Gasteiger partial charge on any atom is -0.318 e. The predicted molar refractivity (Wildman–Crippen MR) is 92.0 cm³/mol. The molecule has 5 nitrogen and oxygen atoms in total. The van der Waals surface area contributed by atoms with Crippen molar-refractivity contribution in [2.75, 3.05) is 5.32 Å². The van der Waals surface area contributed by atoms with Gasteiger partial charge >= 0.3 is 11.8 Å². The number of carbonyl (C=O) groups excluding carboxylic acids is 2. The standard InChI is InChI=1S/C16H13Cl2N3O2/c1-10-2-4-11(5-3-10)9-19-21-16(23)15(22)20-12-6-7-13(17)14(18)8-12/h2-9H,1H3,(H,20,22)(H,21,23)/b19-9-. The van der Waals surface area contributed by atoms with E-state index in [9.17, 15) is 9.59 Å². The Kier molecular flexibility index (Phi) is 5.73. The zero-order valence-electron chi connectivity index (χ0n) is 12.1. The summed E-state index contributed by atoms with van der Waals surface area (Å²) in [6.45, 7) is 1.97. The highest BCUT2D eigenvalue weighted by atomic mass is 35.5. The highest BCUT2D eigenvalue weighted by Gasteiger charge is 2.13. The number of hydrazone groups is 1. The second-order valence-electron chi connectivity index (χ2n) is 4.69.